The zero-order valence-corrected chi connectivity index (χ0v) is 14.6. The fraction of sp³-hybridized carbons (Fsp3) is 0.632. The Balaban J connectivity index is 2.10. The van der Waals surface area contributed by atoms with Crippen LogP contribution in [0.25, 0.3) is 0 Å². The van der Waals surface area contributed by atoms with Crippen LogP contribution in [0.4, 0.5) is 0 Å². The third-order valence-corrected chi connectivity index (χ3v) is 5.13. The smallest absolute Gasteiger partial charge is 0.222 e. The topological polar surface area (TPSA) is 23.6 Å². The molecule has 1 aromatic rings. The number of aryl methyl sites for hydroxylation is 1. The van der Waals surface area contributed by atoms with Crippen LogP contribution in [0.1, 0.15) is 50.2 Å². The van der Waals surface area contributed by atoms with Crippen LogP contribution in [-0.4, -0.2) is 42.9 Å². The largest absolute Gasteiger partial charge is 0.343 e. The van der Waals surface area contributed by atoms with E-state index in [0.717, 1.165) is 38.8 Å². The molecule has 3 nitrogen and oxygen atoms in total. The summed E-state index contributed by atoms with van der Waals surface area (Å²) in [6, 6.07) is 8.90. The van der Waals surface area contributed by atoms with Gasteiger partial charge in [-0.15, -0.1) is 0 Å². The van der Waals surface area contributed by atoms with E-state index in [1.54, 1.807) is 0 Å². The summed E-state index contributed by atoms with van der Waals surface area (Å²) in [4.78, 5) is 16.6. The van der Waals surface area contributed by atoms with Crippen molar-refractivity contribution in [1.29, 1.82) is 0 Å². The highest BCUT2D eigenvalue weighted by atomic mass is 16.2. The maximum absolute atomic E-state index is 12.2. The van der Waals surface area contributed by atoms with Gasteiger partial charge in [-0.2, -0.15) is 0 Å². The van der Waals surface area contributed by atoms with Gasteiger partial charge in [-0.05, 0) is 45.8 Å². The predicted molar refractivity (Wildman–Crippen MR) is 91.9 cm³/mol. The highest BCUT2D eigenvalue weighted by molar-refractivity contribution is 5.76. The summed E-state index contributed by atoms with van der Waals surface area (Å²) in [7, 11) is 4.32. The molecule has 1 saturated heterocycles. The van der Waals surface area contributed by atoms with Crippen molar-refractivity contribution in [2.24, 2.45) is 0 Å². The molecule has 0 aromatic heterocycles. The lowest BCUT2D eigenvalue weighted by molar-refractivity contribution is -0.134. The second-order valence-electron chi connectivity index (χ2n) is 6.78. The third kappa shape index (κ3) is 3.52. The quantitative estimate of drug-likeness (QED) is 0.830. The molecule has 0 saturated carbocycles. The summed E-state index contributed by atoms with van der Waals surface area (Å²) < 4.78 is 0. The average Bonchev–Trinajstić information content (AvgIpc) is 2.53. The number of unbranched alkanes of at least 4 members (excludes halogenated alkanes) is 1. The van der Waals surface area contributed by atoms with E-state index in [4.69, 9.17) is 0 Å². The fourth-order valence-corrected chi connectivity index (χ4v) is 3.47. The molecule has 1 aliphatic rings. The number of nitrogens with zero attached hydrogens (tertiary/aromatic N) is 2. The second-order valence-corrected chi connectivity index (χ2v) is 6.78. The molecule has 1 heterocycles. The number of hydrogen-bond acceptors (Lipinski definition) is 2. The summed E-state index contributed by atoms with van der Waals surface area (Å²) in [6.45, 7) is 6.00. The molecule has 0 N–H and O–H groups in total. The molecule has 0 radical (unpaired) electrons. The molecule has 1 amide bonds. The Labute approximate surface area is 135 Å². The molecular formula is C19H30N2O. The van der Waals surface area contributed by atoms with Gasteiger partial charge in [0.05, 0.1) is 0 Å². The van der Waals surface area contributed by atoms with Crippen molar-refractivity contribution >= 4 is 5.91 Å². The van der Waals surface area contributed by atoms with E-state index in [0.29, 0.717) is 12.3 Å². The van der Waals surface area contributed by atoms with Crippen molar-refractivity contribution in [2.75, 3.05) is 27.2 Å². The first kappa shape index (κ1) is 17.0. The number of likely N-dealkylation sites (tertiary alicyclic amines) is 1. The number of benzene rings is 1. The highest BCUT2D eigenvalue weighted by Gasteiger charge is 2.38. The fourth-order valence-electron chi connectivity index (χ4n) is 3.47. The van der Waals surface area contributed by atoms with Crippen LogP contribution >= 0.6 is 0 Å². The van der Waals surface area contributed by atoms with Gasteiger partial charge in [-0.1, -0.05) is 43.2 Å². The van der Waals surface area contributed by atoms with Crippen LogP contribution < -0.4 is 0 Å². The SMILES string of the molecule is CCCCC(=O)N1CCC(c2ccc(C)cc2)(N(C)C)CC1. The summed E-state index contributed by atoms with van der Waals surface area (Å²) in [5.41, 5.74) is 2.74. The molecule has 22 heavy (non-hydrogen) atoms. The van der Waals surface area contributed by atoms with Gasteiger partial charge in [0.15, 0.2) is 0 Å². The Morgan fingerprint density at radius 3 is 2.27 bits per heavy atom. The normalized spacial score (nSPS) is 17.8. The maximum atomic E-state index is 12.2. The van der Waals surface area contributed by atoms with Gasteiger partial charge in [0.2, 0.25) is 5.91 Å². The zero-order valence-electron chi connectivity index (χ0n) is 14.6. The molecule has 0 unspecified atom stereocenters. The number of carbonyl (C=O) groups excluding carboxylic acids is 1. The summed E-state index contributed by atoms with van der Waals surface area (Å²) in [5.74, 6) is 0.332. The first-order valence-corrected chi connectivity index (χ1v) is 8.52. The monoisotopic (exact) mass is 302 g/mol. The Morgan fingerprint density at radius 2 is 1.77 bits per heavy atom. The molecule has 0 bridgehead atoms. The standard InChI is InChI=1S/C19H30N2O/c1-5-6-7-18(22)21-14-12-19(13-15-21,20(3)4)17-10-8-16(2)9-11-17/h8-11H,5-7,12-15H2,1-4H3. The zero-order chi connectivity index (χ0) is 16.2. The summed E-state index contributed by atoms with van der Waals surface area (Å²) >= 11 is 0. The van der Waals surface area contributed by atoms with Crippen molar-refractivity contribution in [3.63, 3.8) is 0 Å². The van der Waals surface area contributed by atoms with Crippen LogP contribution in [0.5, 0.6) is 0 Å². The van der Waals surface area contributed by atoms with Crippen molar-refractivity contribution in [2.45, 2.75) is 51.5 Å². The van der Waals surface area contributed by atoms with E-state index in [1.807, 2.05) is 0 Å². The molecule has 1 aliphatic heterocycles. The van der Waals surface area contributed by atoms with Gasteiger partial charge in [-0.3, -0.25) is 9.69 Å². The van der Waals surface area contributed by atoms with Crippen molar-refractivity contribution < 1.29 is 4.79 Å². The van der Waals surface area contributed by atoms with Gasteiger partial charge in [0, 0.05) is 25.0 Å². The number of carbonyl (C=O) groups is 1. The lowest BCUT2D eigenvalue weighted by Crippen LogP contribution is -2.51. The molecule has 1 fully saturated rings. The molecule has 0 aliphatic carbocycles. The maximum Gasteiger partial charge on any atom is 0.222 e. The van der Waals surface area contributed by atoms with Gasteiger partial charge in [0.25, 0.3) is 0 Å². The van der Waals surface area contributed by atoms with E-state index in [1.165, 1.54) is 11.1 Å². The van der Waals surface area contributed by atoms with E-state index in [-0.39, 0.29) is 5.54 Å². The number of hydrogen-bond donors (Lipinski definition) is 0. The number of amides is 1. The van der Waals surface area contributed by atoms with E-state index < -0.39 is 0 Å². The minimum Gasteiger partial charge on any atom is -0.343 e. The molecule has 0 atom stereocenters. The molecule has 2 rings (SSSR count). The van der Waals surface area contributed by atoms with Gasteiger partial charge >= 0.3 is 0 Å². The van der Waals surface area contributed by atoms with E-state index in [2.05, 4.69) is 62.0 Å². The van der Waals surface area contributed by atoms with Crippen molar-refractivity contribution in [3.05, 3.63) is 35.4 Å². The van der Waals surface area contributed by atoms with Gasteiger partial charge in [-0.25, -0.2) is 0 Å². The van der Waals surface area contributed by atoms with Crippen LogP contribution in [0.15, 0.2) is 24.3 Å². The molecule has 122 valence electrons. The van der Waals surface area contributed by atoms with E-state index >= 15 is 0 Å². The molecule has 0 spiro atoms. The van der Waals surface area contributed by atoms with Crippen LogP contribution in [0.2, 0.25) is 0 Å². The lowest BCUT2D eigenvalue weighted by atomic mass is 9.79. The Morgan fingerprint density at radius 1 is 1.18 bits per heavy atom. The van der Waals surface area contributed by atoms with Crippen LogP contribution in [0, 0.1) is 6.92 Å². The molecular weight excluding hydrogens is 272 g/mol. The number of rotatable bonds is 5. The Kier molecular flexibility index (Phi) is 5.63. The van der Waals surface area contributed by atoms with Crippen LogP contribution in [-0.2, 0) is 10.3 Å². The van der Waals surface area contributed by atoms with Crippen molar-refractivity contribution in [1.82, 2.24) is 9.80 Å². The lowest BCUT2D eigenvalue weighted by Gasteiger charge is -2.46. The average molecular weight is 302 g/mol. The summed E-state index contributed by atoms with van der Waals surface area (Å²) in [6.07, 6.45) is 4.83. The van der Waals surface area contributed by atoms with Gasteiger partial charge < -0.3 is 4.90 Å². The highest BCUT2D eigenvalue weighted by Crippen LogP contribution is 2.37. The third-order valence-electron chi connectivity index (χ3n) is 5.13. The minimum absolute atomic E-state index is 0.0647. The molecule has 1 aromatic carbocycles. The van der Waals surface area contributed by atoms with Gasteiger partial charge in [0.1, 0.15) is 0 Å². The molecule has 3 heteroatoms. The Hall–Kier alpha value is -1.35. The Bertz CT molecular complexity index is 485. The van der Waals surface area contributed by atoms with E-state index in [9.17, 15) is 4.79 Å². The summed E-state index contributed by atoms with van der Waals surface area (Å²) in [5, 5.41) is 0. The van der Waals surface area contributed by atoms with Crippen LogP contribution in [0.3, 0.4) is 0 Å². The van der Waals surface area contributed by atoms with Crippen molar-refractivity contribution in [3.8, 4) is 0 Å². The first-order valence-electron chi connectivity index (χ1n) is 8.52. The second kappa shape index (κ2) is 7.28. The first-order chi connectivity index (χ1) is 10.5. The minimum atomic E-state index is 0.0647. The predicted octanol–water partition coefficient (Wildman–Crippen LogP) is 3.56. The number of piperidine rings is 1.